The van der Waals surface area contributed by atoms with Gasteiger partial charge in [0.1, 0.15) is 17.0 Å². The van der Waals surface area contributed by atoms with E-state index in [0.29, 0.717) is 49.0 Å². The van der Waals surface area contributed by atoms with Gasteiger partial charge in [0.05, 0.1) is 71.6 Å². The van der Waals surface area contributed by atoms with Gasteiger partial charge < -0.3 is 58.7 Å². The van der Waals surface area contributed by atoms with Crippen molar-refractivity contribution in [3.8, 4) is 39.1 Å². The number of benzene rings is 6. The SMILES string of the molecule is C1CCCC1.C1CCN(C2CCNCC2)C1.CC(C)(C)OC(=O)N1CCC(=O)CC1.CC(C)(C)OC(=O)N1CCC(N2CCCC2)CC1.[C-]#[N+]c1ccc(-c2cccc3c(Br)c(I)cnc23)cc1.[C-]#[N+]c1ccc(-c2cccc3c(Br)c(N4CCC(N5CCCC5)CC4)cnc23)cc1.[C-]#[N+]c1ccc(-c2cccc3c(OC)c(N4CCC(N5CCCC5)CC4)cnc23)cc1. The zero-order chi connectivity index (χ0) is 90.8. The Hall–Kier alpha value is -8.88. The highest BCUT2D eigenvalue weighted by Gasteiger charge is 2.34. The summed E-state index contributed by atoms with van der Waals surface area (Å²) in [5, 5.41) is 6.69. The van der Waals surface area contributed by atoms with E-state index in [0.717, 1.165) is 160 Å². The predicted molar refractivity (Wildman–Crippen MR) is 541 cm³/mol. The molecule has 3 aromatic heterocycles. The first-order chi connectivity index (χ1) is 62.5. The number of anilines is 2. The highest BCUT2D eigenvalue weighted by Crippen LogP contribution is 2.43. The normalized spacial score (nSPS) is 18.8. The van der Waals surface area contributed by atoms with Crippen LogP contribution < -0.4 is 19.9 Å². The average molecular weight is 1990 g/mol. The van der Waals surface area contributed by atoms with Gasteiger partial charge in [-0.2, -0.15) is 0 Å². The zero-order valence-corrected chi connectivity index (χ0v) is 82.3. The van der Waals surface area contributed by atoms with E-state index in [1.807, 2.05) is 144 Å². The lowest BCUT2D eigenvalue weighted by Crippen LogP contribution is -2.47. The topological polar surface area (TPSA) is 169 Å². The Bertz CT molecular complexity index is 5260. The van der Waals surface area contributed by atoms with Crippen molar-refractivity contribution in [2.24, 2.45) is 0 Å². The largest absolute Gasteiger partial charge is 0.494 e. The molecule has 1 N–H and O–H groups in total. The number of carbonyl (C=O) groups excluding carboxylic acids is 3. The standard InChI is InChI=1S/C26H28N4O.C25H25BrN4.C16H8BrIN2.C14H26N2O2.C10H17NO3.C9H18N2.C5H10/c1-27-20-10-8-19(9-11-20)22-6-5-7-23-25(22)28-18-24(26(23)31-2)30-16-12-21(13-17-30)29-14-3-4-15-29;1-27-19-9-7-18(8-10-19)21-5-4-6-22-24(26)23(17-28-25(21)22)30-15-11-20(12-16-30)29-13-2-3-14-29;1-19-11-7-5-10(6-8-11)12-3-2-4-13-15(17)14(18)9-20-16(12)13;1-14(2,3)18-13(17)16-10-6-12(7-11-16)15-8-4-5-9-15;1-10(2,3)14-9(13)11-6-4-8(12)5-7-11;1-2-8-11(7-1)9-3-5-10-6-4-9;1-2-4-5-3-1/h5-11,18,21H,3-4,12-17H2,2H3;4-10,17,20H,2-3,11-16H2;2-9H;12H,4-11H2,1-3H3;4-7H2,1-3H3;9-10H,1-8H2;1-5H2. The van der Waals surface area contributed by atoms with Crippen LogP contribution in [-0.4, -0.2) is 223 Å². The number of Topliss-reactive ketones (excluding diaryl/α,β-unsaturated/α-hetero) is 1. The Morgan fingerprint density at radius 3 is 1.09 bits per heavy atom. The Morgan fingerprint density at radius 1 is 0.403 bits per heavy atom. The molecule has 9 aliphatic heterocycles. The van der Waals surface area contributed by atoms with Crippen molar-refractivity contribution >= 4 is 134 Å². The smallest absolute Gasteiger partial charge is 0.410 e. The minimum Gasteiger partial charge on any atom is -0.494 e. The maximum absolute atomic E-state index is 11.9. The number of pyridine rings is 3. The van der Waals surface area contributed by atoms with Crippen LogP contribution in [0.3, 0.4) is 0 Å². The molecule has 10 fully saturated rings. The summed E-state index contributed by atoms with van der Waals surface area (Å²) in [7, 11) is 1.76. The van der Waals surface area contributed by atoms with E-state index in [-0.39, 0.29) is 23.6 Å². The van der Waals surface area contributed by atoms with Crippen molar-refractivity contribution in [1.82, 2.24) is 49.7 Å². The minimum atomic E-state index is -0.460. The van der Waals surface area contributed by atoms with Gasteiger partial charge in [-0.3, -0.25) is 19.7 Å². The number of para-hydroxylation sites is 3. The van der Waals surface area contributed by atoms with E-state index in [1.165, 1.54) is 193 Å². The maximum Gasteiger partial charge on any atom is 0.410 e. The van der Waals surface area contributed by atoms with Crippen LogP contribution in [0.25, 0.3) is 80.6 Å². The van der Waals surface area contributed by atoms with E-state index in [9.17, 15) is 14.4 Å². The maximum atomic E-state index is 11.9. The number of ether oxygens (including phenoxy) is 3. The first-order valence-electron chi connectivity index (χ1n) is 47.4. The molecule has 0 bridgehead atoms. The van der Waals surface area contributed by atoms with Crippen LogP contribution >= 0.6 is 54.5 Å². The molecule has 10 aliphatic rings. The number of methoxy groups -OCH3 is 1. The fourth-order valence-corrected chi connectivity index (χ4v) is 21.0. The predicted octanol–water partition coefficient (Wildman–Crippen LogP) is 24.5. The molecule has 129 heavy (non-hydrogen) atoms. The van der Waals surface area contributed by atoms with E-state index in [1.54, 1.807) is 12.0 Å². The van der Waals surface area contributed by atoms with Gasteiger partial charge in [0.15, 0.2) is 22.8 Å². The summed E-state index contributed by atoms with van der Waals surface area (Å²) >= 11 is 9.78. The Balaban J connectivity index is 0.000000135. The summed E-state index contributed by atoms with van der Waals surface area (Å²) in [5.74, 6) is 1.13. The molecule has 12 heterocycles. The number of hydrogen-bond acceptors (Lipinski definition) is 16. The zero-order valence-electron chi connectivity index (χ0n) is 77.0. The molecule has 24 heteroatoms. The number of amides is 2. The van der Waals surface area contributed by atoms with E-state index in [2.05, 4.69) is 157 Å². The second kappa shape index (κ2) is 48.0. The molecule has 684 valence electrons. The van der Waals surface area contributed by atoms with Gasteiger partial charge in [-0.05, 0) is 287 Å². The van der Waals surface area contributed by atoms with Crippen molar-refractivity contribution < 1.29 is 28.6 Å². The third-order valence-corrected chi connectivity index (χ3v) is 29.7. The molecular weight excluding hydrogens is 1850 g/mol. The van der Waals surface area contributed by atoms with Crippen LogP contribution in [0.2, 0.25) is 0 Å². The van der Waals surface area contributed by atoms with Crippen LogP contribution in [0.15, 0.2) is 155 Å². The van der Waals surface area contributed by atoms with Gasteiger partial charge in [0.25, 0.3) is 0 Å². The number of likely N-dealkylation sites (tertiary alicyclic amines) is 6. The van der Waals surface area contributed by atoms with Crippen LogP contribution in [-0.2, 0) is 14.3 Å². The van der Waals surface area contributed by atoms with Crippen LogP contribution in [0, 0.1) is 23.3 Å². The number of hydrogen-bond donors (Lipinski definition) is 1. The van der Waals surface area contributed by atoms with E-state index >= 15 is 0 Å². The minimum absolute atomic E-state index is 0.151. The molecule has 1 saturated carbocycles. The van der Waals surface area contributed by atoms with Crippen molar-refractivity contribution in [2.75, 3.05) is 135 Å². The van der Waals surface area contributed by atoms with Crippen LogP contribution in [0.4, 0.5) is 38.0 Å². The summed E-state index contributed by atoms with van der Waals surface area (Å²) in [4.78, 5) is 78.1. The summed E-state index contributed by atoms with van der Waals surface area (Å²) in [6.07, 6.45) is 34.6. The monoisotopic (exact) mass is 1980 g/mol. The fourth-order valence-electron chi connectivity index (χ4n) is 19.5. The lowest BCUT2D eigenvalue weighted by molar-refractivity contribution is -0.121. The van der Waals surface area contributed by atoms with Gasteiger partial charge in [-0.15, -0.1) is 0 Å². The molecule has 0 unspecified atom stereocenters. The van der Waals surface area contributed by atoms with Crippen molar-refractivity contribution in [1.29, 1.82) is 0 Å². The molecule has 6 aromatic carbocycles. The lowest BCUT2D eigenvalue weighted by Gasteiger charge is -2.38. The number of ketones is 1. The number of fused-ring (bicyclic) bond motifs is 3. The van der Waals surface area contributed by atoms with E-state index in [4.69, 9.17) is 43.9 Å². The van der Waals surface area contributed by atoms with Crippen molar-refractivity contribution in [2.45, 2.75) is 225 Å². The number of aromatic nitrogens is 3. The molecule has 1 aliphatic carbocycles. The Labute approximate surface area is 797 Å². The number of piperidine rings is 5. The Morgan fingerprint density at radius 2 is 0.721 bits per heavy atom. The van der Waals surface area contributed by atoms with Crippen molar-refractivity contribution in [3.63, 3.8) is 0 Å². The lowest BCUT2D eigenvalue weighted by atomic mass is 10.00. The average Bonchev–Trinajstić information content (AvgIpc) is 0.949. The molecule has 19 rings (SSSR count). The number of rotatable bonds is 10. The fraction of sp³-hybridized carbons (Fsp3) is 0.514. The molecular formula is C105H132Br2IN15O6. The number of halogens is 3. The molecule has 2 amide bonds. The van der Waals surface area contributed by atoms with Gasteiger partial charge in [0, 0.05) is 136 Å². The number of nitrogens with zero attached hydrogens (tertiary/aromatic N) is 14. The van der Waals surface area contributed by atoms with E-state index < -0.39 is 5.60 Å². The quantitative estimate of drug-likeness (QED) is 0.101. The molecule has 0 radical (unpaired) electrons. The third kappa shape index (κ3) is 27.2. The molecule has 9 aromatic rings. The van der Waals surface area contributed by atoms with Crippen LogP contribution in [0.1, 0.15) is 189 Å². The molecule has 9 saturated heterocycles. The highest BCUT2D eigenvalue weighted by molar-refractivity contribution is 14.1. The number of carbonyl (C=O) groups is 3. The summed E-state index contributed by atoms with van der Waals surface area (Å²) < 4.78 is 19.8. The Kier molecular flexibility index (Phi) is 36.3. The van der Waals surface area contributed by atoms with Gasteiger partial charge >= 0.3 is 12.2 Å². The third-order valence-electron chi connectivity index (χ3n) is 26.4. The first kappa shape index (κ1) is 97.6. The first-order valence-corrected chi connectivity index (χ1v) is 50.0. The molecule has 0 spiro atoms. The van der Waals surface area contributed by atoms with Gasteiger partial charge in [-0.25, -0.2) is 24.1 Å². The molecule has 21 nitrogen and oxygen atoms in total. The molecule has 0 atom stereocenters. The highest BCUT2D eigenvalue weighted by atomic mass is 127. The summed E-state index contributed by atoms with van der Waals surface area (Å²) in [6.45, 7) is 52.3. The van der Waals surface area contributed by atoms with Gasteiger partial charge in [-0.1, -0.05) is 153 Å². The van der Waals surface area contributed by atoms with Gasteiger partial charge in [0.2, 0.25) is 0 Å². The summed E-state index contributed by atoms with van der Waals surface area (Å²) in [5.41, 5.74) is 12.8. The van der Waals surface area contributed by atoms with Crippen molar-refractivity contribution in [3.05, 3.63) is 193 Å². The summed E-state index contributed by atoms with van der Waals surface area (Å²) in [6, 6.07) is 44.9. The second-order valence-electron chi connectivity index (χ2n) is 37.5. The second-order valence-corrected chi connectivity index (χ2v) is 40.2. The van der Waals surface area contributed by atoms with Crippen LogP contribution in [0.5, 0.6) is 5.75 Å². The number of nitrogens with one attached hydrogen (secondary N) is 1.